The van der Waals surface area contributed by atoms with E-state index in [1.165, 1.54) is 0 Å². The van der Waals surface area contributed by atoms with E-state index in [1.54, 1.807) is 0 Å². The van der Waals surface area contributed by atoms with Crippen molar-refractivity contribution >= 4 is 28.3 Å². The lowest BCUT2D eigenvalue weighted by atomic mass is 10.2. The monoisotopic (exact) mass is 437 g/mol. The summed E-state index contributed by atoms with van der Waals surface area (Å²) in [5.74, 6) is -0.0709. The summed E-state index contributed by atoms with van der Waals surface area (Å²) in [6, 6.07) is 14.3. The third-order valence-corrected chi connectivity index (χ3v) is 13.1. The molecule has 6 heteroatoms. The Morgan fingerprint density at radius 3 is 2.14 bits per heavy atom. The maximum absolute atomic E-state index is 12.8. The first-order valence-electron chi connectivity index (χ1n) is 11.4. The van der Waals surface area contributed by atoms with E-state index >= 15 is 0 Å². The highest BCUT2D eigenvalue weighted by Crippen LogP contribution is 2.23. The molecule has 1 aromatic rings. The van der Waals surface area contributed by atoms with Crippen LogP contribution >= 0.6 is 0 Å². The molecule has 1 rings (SSSR count). The highest BCUT2D eigenvalue weighted by molar-refractivity contribution is 6.75. The Bertz CT molecular complexity index is 583. The van der Waals surface area contributed by atoms with Gasteiger partial charge in [-0.05, 0) is 69.2 Å². The van der Waals surface area contributed by atoms with Crippen LogP contribution in [-0.2, 0) is 13.6 Å². The van der Waals surface area contributed by atoms with Crippen molar-refractivity contribution in [1.29, 1.82) is 0 Å². The van der Waals surface area contributed by atoms with Gasteiger partial charge in [-0.2, -0.15) is 0 Å². The molecule has 166 valence electrons. The first-order chi connectivity index (χ1) is 13.7. The van der Waals surface area contributed by atoms with Crippen molar-refractivity contribution in [2.45, 2.75) is 90.8 Å². The van der Waals surface area contributed by atoms with Crippen LogP contribution in [0, 0.1) is 0 Å². The van der Waals surface area contributed by atoms with Gasteiger partial charge in [0, 0.05) is 18.3 Å². The lowest BCUT2D eigenvalue weighted by Crippen LogP contribution is -2.42. The van der Waals surface area contributed by atoms with Crippen LogP contribution in [0.15, 0.2) is 30.3 Å². The van der Waals surface area contributed by atoms with E-state index in [0.717, 1.165) is 49.3 Å². The number of para-hydroxylation sites is 1. The van der Waals surface area contributed by atoms with E-state index in [2.05, 4.69) is 64.7 Å². The third kappa shape index (κ3) is 9.05. The average Bonchev–Trinajstić information content (AvgIpc) is 2.71. The van der Waals surface area contributed by atoms with E-state index in [0.29, 0.717) is 12.6 Å². The maximum atomic E-state index is 12.8. The van der Waals surface area contributed by atoms with Gasteiger partial charge in [0.1, 0.15) is 6.54 Å². The van der Waals surface area contributed by atoms with Crippen LogP contribution in [0.3, 0.4) is 0 Å². The minimum atomic E-state index is -1.92. The van der Waals surface area contributed by atoms with E-state index in [4.69, 9.17) is 8.85 Å². The van der Waals surface area contributed by atoms with E-state index in [9.17, 15) is 4.79 Å². The van der Waals surface area contributed by atoms with Gasteiger partial charge in [0.25, 0.3) is 8.32 Å². The Labute approximate surface area is 181 Å². The van der Waals surface area contributed by atoms with Crippen molar-refractivity contribution in [3.05, 3.63) is 30.3 Å². The quantitative estimate of drug-likeness (QED) is 0.313. The molecule has 0 fully saturated rings. The first-order valence-corrected chi connectivity index (χ1v) is 17.0. The Kier molecular flexibility index (Phi) is 11.2. The van der Waals surface area contributed by atoms with Crippen LogP contribution in [0.25, 0.3) is 0 Å². The molecule has 0 radical (unpaired) electrons. The Hall–Kier alpha value is -1.12. The minimum Gasteiger partial charge on any atom is -0.518 e. The smallest absolute Gasteiger partial charge is 0.312 e. The molecule has 0 heterocycles. The molecule has 0 saturated heterocycles. The Morgan fingerprint density at radius 1 is 1.03 bits per heavy atom. The van der Waals surface area contributed by atoms with Crippen LogP contribution in [0.5, 0.6) is 0 Å². The molecule has 4 nitrogen and oxygen atoms in total. The van der Waals surface area contributed by atoms with Crippen LogP contribution in [-0.4, -0.2) is 41.8 Å². The van der Waals surface area contributed by atoms with E-state index in [1.807, 2.05) is 18.2 Å². The van der Waals surface area contributed by atoms with Crippen molar-refractivity contribution in [3.8, 4) is 0 Å². The fourth-order valence-electron chi connectivity index (χ4n) is 3.72. The topological polar surface area (TPSA) is 38.8 Å². The van der Waals surface area contributed by atoms with Gasteiger partial charge in [0.2, 0.25) is 0 Å². The summed E-state index contributed by atoms with van der Waals surface area (Å²) < 4.78 is 12.4. The molecule has 0 saturated carbocycles. The second-order valence-corrected chi connectivity index (χ2v) is 17.6. The molecule has 0 amide bonds. The van der Waals surface area contributed by atoms with Gasteiger partial charge in [0.15, 0.2) is 8.32 Å². The van der Waals surface area contributed by atoms with Crippen LogP contribution < -0.4 is 4.90 Å². The number of anilines is 1. The number of hydrogen-bond donors (Lipinski definition) is 0. The van der Waals surface area contributed by atoms with Gasteiger partial charge >= 0.3 is 5.97 Å². The van der Waals surface area contributed by atoms with Crippen LogP contribution in [0.1, 0.15) is 47.5 Å². The van der Waals surface area contributed by atoms with Crippen molar-refractivity contribution in [1.82, 2.24) is 0 Å². The Morgan fingerprint density at radius 2 is 1.62 bits per heavy atom. The zero-order chi connectivity index (χ0) is 21.9. The SMILES string of the molecule is CCC(C)O[Si](C)(C)CCCN(CC(=O)O[Si](CC)(CC)CC)c1ccccc1. The molecule has 1 unspecified atom stereocenters. The lowest BCUT2D eigenvalue weighted by Gasteiger charge is -2.31. The molecule has 0 spiro atoms. The molecular formula is C23H43NO3Si2. The summed E-state index contributed by atoms with van der Waals surface area (Å²) in [6.45, 7) is 16.6. The summed E-state index contributed by atoms with van der Waals surface area (Å²) in [5, 5.41) is 0. The number of carbonyl (C=O) groups is 1. The number of rotatable bonds is 14. The Balaban J connectivity index is 2.77. The summed E-state index contributed by atoms with van der Waals surface area (Å²) in [7, 11) is -3.61. The fraction of sp³-hybridized carbons (Fsp3) is 0.696. The van der Waals surface area contributed by atoms with E-state index < -0.39 is 16.6 Å². The normalized spacial score (nSPS) is 13.2. The molecule has 0 aliphatic heterocycles. The zero-order valence-corrected chi connectivity index (χ0v) is 21.8. The van der Waals surface area contributed by atoms with Gasteiger partial charge in [-0.15, -0.1) is 0 Å². The van der Waals surface area contributed by atoms with Gasteiger partial charge in [-0.25, -0.2) is 0 Å². The maximum Gasteiger partial charge on any atom is 0.312 e. The lowest BCUT2D eigenvalue weighted by molar-refractivity contribution is -0.133. The van der Waals surface area contributed by atoms with Crippen LogP contribution in [0.2, 0.25) is 37.3 Å². The highest BCUT2D eigenvalue weighted by Gasteiger charge is 2.33. The van der Waals surface area contributed by atoms with Gasteiger partial charge in [0.05, 0.1) is 0 Å². The van der Waals surface area contributed by atoms with Gasteiger partial charge in [-0.3, -0.25) is 4.79 Å². The second kappa shape index (κ2) is 12.5. The zero-order valence-electron chi connectivity index (χ0n) is 19.8. The number of nitrogens with zero attached hydrogens (tertiary/aromatic N) is 1. The predicted molar refractivity (Wildman–Crippen MR) is 130 cm³/mol. The largest absolute Gasteiger partial charge is 0.518 e. The van der Waals surface area contributed by atoms with Crippen molar-refractivity contribution in [2.24, 2.45) is 0 Å². The number of hydrogen-bond acceptors (Lipinski definition) is 4. The minimum absolute atomic E-state index is 0.0709. The standard InChI is InChI=1S/C23H43NO3Si2/c1-8-21(5)26-28(6,7)19-15-18-24(22-16-13-12-14-17-22)20-23(25)27-29(9-2,10-3)11-4/h12-14,16-17,21H,8-11,15,18-20H2,1-7H3. The molecule has 1 aromatic carbocycles. The second-order valence-electron chi connectivity index (χ2n) is 8.67. The molecule has 0 aliphatic carbocycles. The van der Waals surface area contributed by atoms with E-state index in [-0.39, 0.29) is 5.97 Å². The average molecular weight is 438 g/mol. The van der Waals surface area contributed by atoms with Gasteiger partial charge < -0.3 is 13.8 Å². The highest BCUT2D eigenvalue weighted by atomic mass is 28.4. The molecule has 1 atom stereocenters. The first kappa shape index (κ1) is 25.9. The molecule has 0 aromatic heterocycles. The summed E-state index contributed by atoms with van der Waals surface area (Å²) >= 11 is 0. The van der Waals surface area contributed by atoms with Gasteiger partial charge in [-0.1, -0.05) is 45.9 Å². The molecule has 0 N–H and O–H groups in total. The van der Waals surface area contributed by atoms with Crippen LogP contribution in [0.4, 0.5) is 5.69 Å². The molecule has 0 aliphatic rings. The van der Waals surface area contributed by atoms with Crippen molar-refractivity contribution in [3.63, 3.8) is 0 Å². The fourth-order valence-corrected chi connectivity index (χ4v) is 8.58. The predicted octanol–water partition coefficient (Wildman–Crippen LogP) is 6.45. The third-order valence-electron chi connectivity index (χ3n) is 6.01. The van der Waals surface area contributed by atoms with Crippen molar-refractivity contribution < 1.29 is 13.6 Å². The molecule has 0 bridgehead atoms. The summed E-state index contributed by atoms with van der Waals surface area (Å²) in [5.41, 5.74) is 1.09. The summed E-state index contributed by atoms with van der Waals surface area (Å²) in [4.78, 5) is 15.0. The summed E-state index contributed by atoms with van der Waals surface area (Å²) in [6.07, 6.45) is 2.40. The molecular weight excluding hydrogens is 394 g/mol. The molecule has 29 heavy (non-hydrogen) atoms. The number of carbonyl (C=O) groups excluding carboxylic acids is 1. The number of benzene rings is 1. The van der Waals surface area contributed by atoms with Crippen molar-refractivity contribution in [2.75, 3.05) is 18.0 Å².